The summed E-state index contributed by atoms with van der Waals surface area (Å²) in [4.78, 5) is 32.3. The van der Waals surface area contributed by atoms with Crippen LogP contribution in [0, 0.1) is 6.92 Å². The van der Waals surface area contributed by atoms with Crippen molar-refractivity contribution in [3.05, 3.63) is 34.7 Å². The molecule has 0 radical (unpaired) electrons. The SMILES string of the molecule is CCN(CC)C(=O)CN(C)CC(=O)Nc1cccc(-c2csc(C)n2)c1. The third-order valence-corrected chi connectivity index (χ3v) is 4.77. The van der Waals surface area contributed by atoms with Crippen LogP contribution in [-0.4, -0.2) is 59.8 Å². The largest absolute Gasteiger partial charge is 0.342 e. The van der Waals surface area contributed by atoms with E-state index in [4.69, 9.17) is 0 Å². The van der Waals surface area contributed by atoms with E-state index < -0.39 is 0 Å². The number of anilines is 1. The number of hydrogen-bond acceptors (Lipinski definition) is 5. The van der Waals surface area contributed by atoms with Gasteiger partial charge in [0.1, 0.15) is 0 Å². The lowest BCUT2D eigenvalue weighted by Crippen LogP contribution is -2.41. The van der Waals surface area contributed by atoms with Crippen molar-refractivity contribution in [2.45, 2.75) is 20.8 Å². The normalized spacial score (nSPS) is 10.8. The fourth-order valence-corrected chi connectivity index (χ4v) is 3.28. The Hall–Kier alpha value is -2.25. The van der Waals surface area contributed by atoms with Crippen LogP contribution in [0.1, 0.15) is 18.9 Å². The average molecular weight is 375 g/mol. The minimum atomic E-state index is -0.147. The maximum atomic E-state index is 12.3. The van der Waals surface area contributed by atoms with Gasteiger partial charge < -0.3 is 10.2 Å². The number of amides is 2. The highest BCUT2D eigenvalue weighted by Gasteiger charge is 2.15. The summed E-state index contributed by atoms with van der Waals surface area (Å²) in [7, 11) is 1.77. The first kappa shape index (κ1) is 20.1. The van der Waals surface area contributed by atoms with Gasteiger partial charge in [0.05, 0.1) is 23.8 Å². The maximum Gasteiger partial charge on any atom is 0.238 e. The van der Waals surface area contributed by atoms with Crippen molar-refractivity contribution >= 4 is 28.8 Å². The molecule has 26 heavy (non-hydrogen) atoms. The topological polar surface area (TPSA) is 65.5 Å². The fourth-order valence-electron chi connectivity index (χ4n) is 2.66. The second-order valence-corrected chi connectivity index (χ2v) is 7.18. The van der Waals surface area contributed by atoms with E-state index in [9.17, 15) is 9.59 Å². The Morgan fingerprint density at radius 2 is 1.92 bits per heavy atom. The van der Waals surface area contributed by atoms with Crippen molar-refractivity contribution in [3.8, 4) is 11.3 Å². The zero-order chi connectivity index (χ0) is 19.1. The van der Waals surface area contributed by atoms with Crippen molar-refractivity contribution in [2.75, 3.05) is 38.5 Å². The summed E-state index contributed by atoms with van der Waals surface area (Å²) in [6.07, 6.45) is 0. The monoisotopic (exact) mass is 374 g/mol. The fraction of sp³-hybridized carbons (Fsp3) is 0.421. The lowest BCUT2D eigenvalue weighted by atomic mass is 10.1. The van der Waals surface area contributed by atoms with Crippen LogP contribution in [0.25, 0.3) is 11.3 Å². The van der Waals surface area contributed by atoms with Gasteiger partial charge in [-0.05, 0) is 40.0 Å². The molecule has 1 N–H and O–H groups in total. The van der Waals surface area contributed by atoms with Gasteiger partial charge in [0.2, 0.25) is 11.8 Å². The van der Waals surface area contributed by atoms with Crippen molar-refractivity contribution in [1.82, 2.24) is 14.8 Å². The van der Waals surface area contributed by atoms with Crippen LogP contribution in [0.4, 0.5) is 5.69 Å². The average Bonchev–Trinajstić information content (AvgIpc) is 3.02. The molecule has 0 fully saturated rings. The molecule has 6 nitrogen and oxygen atoms in total. The summed E-state index contributed by atoms with van der Waals surface area (Å²) in [5.41, 5.74) is 2.60. The highest BCUT2D eigenvalue weighted by Crippen LogP contribution is 2.24. The van der Waals surface area contributed by atoms with E-state index in [2.05, 4.69) is 10.3 Å². The minimum Gasteiger partial charge on any atom is -0.342 e. The number of rotatable bonds is 8. The van der Waals surface area contributed by atoms with Crippen LogP contribution in [0.3, 0.4) is 0 Å². The first-order valence-corrected chi connectivity index (χ1v) is 9.59. The number of likely N-dealkylation sites (N-methyl/N-ethyl adjacent to an activating group) is 2. The molecule has 1 heterocycles. The van der Waals surface area contributed by atoms with Gasteiger partial charge in [-0.2, -0.15) is 0 Å². The number of aromatic nitrogens is 1. The molecule has 140 valence electrons. The lowest BCUT2D eigenvalue weighted by molar-refractivity contribution is -0.132. The summed E-state index contributed by atoms with van der Waals surface area (Å²) < 4.78 is 0. The third kappa shape index (κ3) is 5.64. The van der Waals surface area contributed by atoms with Crippen molar-refractivity contribution in [2.24, 2.45) is 0 Å². The van der Waals surface area contributed by atoms with Gasteiger partial charge >= 0.3 is 0 Å². The van der Waals surface area contributed by atoms with Crippen LogP contribution in [0.15, 0.2) is 29.6 Å². The van der Waals surface area contributed by atoms with Gasteiger partial charge in [-0.15, -0.1) is 11.3 Å². The molecule has 0 aliphatic heterocycles. The Morgan fingerprint density at radius 1 is 1.19 bits per heavy atom. The molecular weight excluding hydrogens is 348 g/mol. The van der Waals surface area contributed by atoms with Gasteiger partial charge in [-0.25, -0.2) is 4.98 Å². The molecule has 0 aliphatic rings. The van der Waals surface area contributed by atoms with E-state index in [0.29, 0.717) is 13.1 Å². The maximum absolute atomic E-state index is 12.3. The number of thiazole rings is 1. The van der Waals surface area contributed by atoms with E-state index >= 15 is 0 Å². The van der Waals surface area contributed by atoms with E-state index in [-0.39, 0.29) is 24.9 Å². The first-order chi connectivity index (χ1) is 12.4. The Kier molecular flexibility index (Phi) is 7.29. The highest BCUT2D eigenvalue weighted by molar-refractivity contribution is 7.09. The van der Waals surface area contributed by atoms with Gasteiger partial charge in [0, 0.05) is 29.7 Å². The quantitative estimate of drug-likeness (QED) is 0.772. The molecule has 2 aromatic rings. The van der Waals surface area contributed by atoms with Crippen LogP contribution in [-0.2, 0) is 9.59 Å². The number of nitrogens with one attached hydrogen (secondary N) is 1. The highest BCUT2D eigenvalue weighted by atomic mass is 32.1. The molecule has 0 bridgehead atoms. The molecule has 0 aliphatic carbocycles. The summed E-state index contributed by atoms with van der Waals surface area (Å²) in [5.74, 6) is -0.113. The van der Waals surface area contributed by atoms with Crippen LogP contribution in [0.2, 0.25) is 0 Å². The van der Waals surface area contributed by atoms with Crippen molar-refractivity contribution in [3.63, 3.8) is 0 Å². The van der Waals surface area contributed by atoms with Gasteiger partial charge in [-0.3, -0.25) is 14.5 Å². The number of benzene rings is 1. The number of hydrogen-bond donors (Lipinski definition) is 1. The predicted molar refractivity (Wildman–Crippen MR) is 106 cm³/mol. The second-order valence-electron chi connectivity index (χ2n) is 6.12. The zero-order valence-electron chi connectivity index (χ0n) is 15.8. The number of carbonyl (C=O) groups is 2. The van der Waals surface area contributed by atoms with Crippen LogP contribution < -0.4 is 5.32 Å². The smallest absolute Gasteiger partial charge is 0.238 e. The molecule has 2 amide bonds. The molecule has 0 atom stereocenters. The van der Waals surface area contributed by atoms with Gasteiger partial charge in [0.15, 0.2) is 0 Å². The molecule has 0 unspecified atom stereocenters. The molecule has 0 saturated heterocycles. The minimum absolute atomic E-state index is 0.0335. The van der Waals surface area contributed by atoms with Crippen molar-refractivity contribution in [1.29, 1.82) is 0 Å². The lowest BCUT2D eigenvalue weighted by Gasteiger charge is -2.22. The second kappa shape index (κ2) is 9.45. The molecule has 1 aromatic heterocycles. The van der Waals surface area contributed by atoms with Crippen LogP contribution in [0.5, 0.6) is 0 Å². The molecule has 2 rings (SSSR count). The Balaban J connectivity index is 1.92. The summed E-state index contributed by atoms with van der Waals surface area (Å²) in [6.45, 7) is 7.61. The number of nitrogens with zero attached hydrogens (tertiary/aromatic N) is 3. The van der Waals surface area contributed by atoms with E-state index in [1.807, 2.05) is 50.4 Å². The summed E-state index contributed by atoms with van der Waals surface area (Å²) >= 11 is 1.60. The first-order valence-electron chi connectivity index (χ1n) is 8.71. The van der Waals surface area contributed by atoms with E-state index in [1.54, 1.807) is 28.2 Å². The Bertz CT molecular complexity index is 756. The molecule has 7 heteroatoms. The Morgan fingerprint density at radius 3 is 2.54 bits per heavy atom. The molecule has 0 spiro atoms. The van der Waals surface area contributed by atoms with E-state index in [0.717, 1.165) is 22.0 Å². The Labute approximate surface area is 158 Å². The summed E-state index contributed by atoms with van der Waals surface area (Å²) in [5, 5.41) is 5.90. The van der Waals surface area contributed by atoms with Crippen LogP contribution >= 0.6 is 11.3 Å². The van der Waals surface area contributed by atoms with Gasteiger partial charge in [-0.1, -0.05) is 12.1 Å². The number of aryl methyl sites for hydroxylation is 1. The van der Waals surface area contributed by atoms with Crippen molar-refractivity contribution < 1.29 is 9.59 Å². The predicted octanol–water partition coefficient (Wildman–Crippen LogP) is 2.86. The molecule has 0 saturated carbocycles. The number of carbonyl (C=O) groups excluding carboxylic acids is 2. The molecule has 1 aromatic carbocycles. The standard InChI is InChI=1S/C19H26N4O2S/c1-5-23(6-2)19(25)12-22(4)11-18(24)21-16-9-7-8-15(10-16)17-13-26-14(3)20-17/h7-10,13H,5-6,11-12H2,1-4H3,(H,21,24). The third-order valence-electron chi connectivity index (χ3n) is 4.00. The summed E-state index contributed by atoms with van der Waals surface area (Å²) in [6, 6.07) is 7.63. The zero-order valence-corrected chi connectivity index (χ0v) is 16.6. The van der Waals surface area contributed by atoms with E-state index in [1.165, 1.54) is 0 Å². The molecular formula is C19H26N4O2S. The van der Waals surface area contributed by atoms with Gasteiger partial charge in [0.25, 0.3) is 0 Å².